The molecular weight excluding hydrogens is 823 g/mol. The van der Waals surface area contributed by atoms with Gasteiger partial charge in [0.2, 0.25) is 5.95 Å². The molecule has 0 aliphatic heterocycles. The van der Waals surface area contributed by atoms with Gasteiger partial charge < -0.3 is 0 Å². The number of hydrogen-bond acceptors (Lipinski definition) is 2. The Bertz CT molecular complexity index is 3850. The Hall–Kier alpha value is -8.66. The fourth-order valence-electron chi connectivity index (χ4n) is 12.6. The second kappa shape index (κ2) is 14.4. The number of benzene rings is 9. The zero-order valence-electron chi connectivity index (χ0n) is 37.5. The normalized spacial score (nSPS) is 14.2. The van der Waals surface area contributed by atoms with Gasteiger partial charge in [-0.1, -0.05) is 213 Å². The van der Waals surface area contributed by atoms with Gasteiger partial charge in [-0.25, -0.2) is 9.97 Å². The molecule has 0 N–H and O–H groups in total. The molecule has 2 spiro atoms. The van der Waals surface area contributed by atoms with Crippen molar-refractivity contribution in [3.05, 3.63) is 281 Å². The zero-order valence-corrected chi connectivity index (χ0v) is 37.5. The van der Waals surface area contributed by atoms with Crippen LogP contribution >= 0.6 is 0 Å². The SMILES string of the molecule is C=Cc1c(/C=C\C)c2cc3c(cc2n1-c1nc(-c2ccc(-c4ccccc4)cc2)c2ccccc2n1)C1(c2ccccc2-c2ccccc21)c1ccccc1C31c2ccccc2-c2ccccc21. The molecule has 0 radical (unpaired) electrons. The third kappa shape index (κ3) is 4.92. The second-order valence-electron chi connectivity index (χ2n) is 18.3. The van der Waals surface area contributed by atoms with Crippen LogP contribution in [0.15, 0.2) is 225 Å². The molecule has 0 saturated carbocycles. The predicted molar refractivity (Wildman–Crippen MR) is 280 cm³/mol. The van der Waals surface area contributed by atoms with E-state index in [1.54, 1.807) is 0 Å². The summed E-state index contributed by atoms with van der Waals surface area (Å²) >= 11 is 0. The molecule has 2 heterocycles. The van der Waals surface area contributed by atoms with E-state index in [9.17, 15) is 0 Å². The van der Waals surface area contributed by atoms with Crippen molar-refractivity contribution in [3.63, 3.8) is 0 Å². The van der Waals surface area contributed by atoms with E-state index in [-0.39, 0.29) is 0 Å². The van der Waals surface area contributed by atoms with Crippen molar-refractivity contribution in [2.24, 2.45) is 0 Å². The first-order valence-electron chi connectivity index (χ1n) is 23.6. The summed E-state index contributed by atoms with van der Waals surface area (Å²) in [6.07, 6.45) is 6.37. The Balaban J connectivity index is 1.14. The smallest absolute Gasteiger partial charge is 0.235 e. The monoisotopic (exact) mass is 865 g/mol. The molecule has 0 saturated heterocycles. The van der Waals surface area contributed by atoms with E-state index in [0.29, 0.717) is 5.95 Å². The number of rotatable bonds is 5. The van der Waals surface area contributed by atoms with Crippen LogP contribution in [-0.2, 0) is 10.8 Å². The highest BCUT2D eigenvalue weighted by atomic mass is 15.2. The summed E-state index contributed by atoms with van der Waals surface area (Å²) in [7, 11) is 0. The largest absolute Gasteiger partial charge is 0.278 e. The first-order chi connectivity index (χ1) is 33.7. The fourth-order valence-corrected chi connectivity index (χ4v) is 12.6. The Morgan fingerprint density at radius 3 is 1.43 bits per heavy atom. The first-order valence-corrected chi connectivity index (χ1v) is 23.6. The quantitative estimate of drug-likeness (QED) is 0.173. The molecule has 2 aromatic heterocycles. The third-order valence-electron chi connectivity index (χ3n) is 15.2. The highest BCUT2D eigenvalue weighted by Gasteiger charge is 2.59. The summed E-state index contributed by atoms with van der Waals surface area (Å²) in [5.74, 6) is 0.602. The second-order valence-corrected chi connectivity index (χ2v) is 18.3. The summed E-state index contributed by atoms with van der Waals surface area (Å²) in [5.41, 5.74) is 22.4. The number of para-hydroxylation sites is 1. The van der Waals surface area contributed by atoms with E-state index in [2.05, 4.69) is 243 Å². The first kappa shape index (κ1) is 38.6. The maximum Gasteiger partial charge on any atom is 0.235 e. The van der Waals surface area contributed by atoms with Crippen LogP contribution in [0.4, 0.5) is 0 Å². The molecule has 3 aliphatic carbocycles. The Morgan fingerprint density at radius 2 is 0.882 bits per heavy atom. The van der Waals surface area contributed by atoms with Crippen molar-refractivity contribution in [2.75, 3.05) is 0 Å². The minimum absolute atomic E-state index is 0.602. The van der Waals surface area contributed by atoms with Gasteiger partial charge in [0, 0.05) is 21.9 Å². The van der Waals surface area contributed by atoms with Gasteiger partial charge in [0.25, 0.3) is 0 Å². The summed E-state index contributed by atoms with van der Waals surface area (Å²) < 4.78 is 2.27. The molecule has 0 bridgehead atoms. The van der Waals surface area contributed by atoms with Gasteiger partial charge in [0.05, 0.1) is 33.3 Å². The molecule has 11 aromatic rings. The topological polar surface area (TPSA) is 30.7 Å². The van der Waals surface area contributed by atoms with Gasteiger partial charge in [0.1, 0.15) is 0 Å². The van der Waals surface area contributed by atoms with E-state index in [1.165, 1.54) is 72.3 Å². The van der Waals surface area contributed by atoms with Crippen molar-refractivity contribution in [1.82, 2.24) is 14.5 Å². The molecule has 0 fully saturated rings. The average molecular weight is 866 g/mol. The molecular formula is C65H43N3. The van der Waals surface area contributed by atoms with Gasteiger partial charge in [-0.3, -0.25) is 4.57 Å². The maximum absolute atomic E-state index is 5.60. The molecule has 9 aromatic carbocycles. The molecule has 3 heteroatoms. The maximum atomic E-state index is 5.60. The summed E-state index contributed by atoms with van der Waals surface area (Å²) in [6, 6.07) is 78.4. The minimum atomic E-state index is -0.648. The average Bonchev–Trinajstić information content (AvgIpc) is 4.00. The molecule has 68 heavy (non-hydrogen) atoms. The van der Waals surface area contributed by atoms with Crippen LogP contribution in [-0.4, -0.2) is 14.5 Å². The minimum Gasteiger partial charge on any atom is -0.278 e. The number of aromatic nitrogens is 3. The van der Waals surface area contributed by atoms with Gasteiger partial charge >= 0.3 is 0 Å². The van der Waals surface area contributed by atoms with Crippen molar-refractivity contribution in [1.29, 1.82) is 0 Å². The summed E-state index contributed by atoms with van der Waals surface area (Å²) in [5, 5.41) is 2.12. The molecule has 3 nitrogen and oxygen atoms in total. The summed E-state index contributed by atoms with van der Waals surface area (Å²) in [6.45, 7) is 6.62. The molecule has 0 amide bonds. The van der Waals surface area contributed by atoms with Crippen LogP contribution in [0.3, 0.4) is 0 Å². The lowest BCUT2D eigenvalue weighted by Crippen LogP contribution is -2.43. The summed E-state index contributed by atoms with van der Waals surface area (Å²) in [4.78, 5) is 11.0. The molecule has 318 valence electrons. The predicted octanol–water partition coefficient (Wildman–Crippen LogP) is 15.6. The van der Waals surface area contributed by atoms with Crippen LogP contribution in [0.25, 0.3) is 84.5 Å². The lowest BCUT2D eigenvalue weighted by molar-refractivity contribution is 0.634. The molecule has 0 atom stereocenters. The van der Waals surface area contributed by atoms with Crippen molar-refractivity contribution < 1.29 is 0 Å². The van der Waals surface area contributed by atoms with Crippen LogP contribution in [0.5, 0.6) is 0 Å². The lowest BCUT2D eigenvalue weighted by Gasteiger charge is -2.49. The van der Waals surface area contributed by atoms with Crippen LogP contribution in [0.2, 0.25) is 0 Å². The third-order valence-corrected chi connectivity index (χ3v) is 15.2. The standard InChI is InChI=1S/C65H43N3/c1-3-20-48-50-39-57-58(40-61(50)68(60(48)4-2)63-66-59-34-19-12-27-49(59)62(67-63)43-37-35-42(36-38-43)41-21-6-5-7-22-41)65(53-30-15-10-25-46(53)47-26-11-16-31-54(47)65)56-33-18-17-32-55(56)64(57)51-28-13-8-23-44(51)45-24-9-14-29-52(45)64/h3-40H,2H2,1H3/b20-3-. The van der Waals surface area contributed by atoms with Crippen molar-refractivity contribution in [3.8, 4) is 50.6 Å². The highest BCUT2D eigenvalue weighted by molar-refractivity contribution is 6.01. The van der Waals surface area contributed by atoms with Crippen molar-refractivity contribution in [2.45, 2.75) is 17.8 Å². The van der Waals surface area contributed by atoms with E-state index in [4.69, 9.17) is 9.97 Å². The van der Waals surface area contributed by atoms with E-state index in [1.807, 2.05) is 6.08 Å². The lowest BCUT2D eigenvalue weighted by atomic mass is 9.52. The Labute approximate surface area is 395 Å². The number of allylic oxidation sites excluding steroid dienone is 1. The van der Waals surface area contributed by atoms with E-state index in [0.717, 1.165) is 49.9 Å². The van der Waals surface area contributed by atoms with Crippen LogP contribution < -0.4 is 0 Å². The highest BCUT2D eigenvalue weighted by Crippen LogP contribution is 2.68. The molecule has 14 rings (SSSR count). The van der Waals surface area contributed by atoms with Crippen LogP contribution in [0.1, 0.15) is 62.7 Å². The van der Waals surface area contributed by atoms with Crippen molar-refractivity contribution >= 4 is 34.0 Å². The van der Waals surface area contributed by atoms with Gasteiger partial charge in [0.15, 0.2) is 0 Å². The van der Waals surface area contributed by atoms with E-state index >= 15 is 0 Å². The number of hydrogen-bond donors (Lipinski definition) is 0. The van der Waals surface area contributed by atoms with Gasteiger partial charge in [-0.15, -0.1) is 0 Å². The molecule has 0 unspecified atom stereocenters. The zero-order chi connectivity index (χ0) is 45.1. The fraction of sp³-hybridized carbons (Fsp3) is 0.0462. The number of nitrogens with zero attached hydrogens (tertiary/aromatic N) is 3. The molecule has 3 aliphatic rings. The van der Waals surface area contributed by atoms with Gasteiger partial charge in [-0.05, 0) is 109 Å². The van der Waals surface area contributed by atoms with Crippen LogP contribution in [0, 0.1) is 0 Å². The number of fused-ring (bicyclic) bond motifs is 18. The van der Waals surface area contributed by atoms with Gasteiger partial charge in [-0.2, -0.15) is 0 Å². The van der Waals surface area contributed by atoms with E-state index < -0.39 is 10.8 Å². The Kier molecular flexibility index (Phi) is 8.18. The Morgan fingerprint density at radius 1 is 0.426 bits per heavy atom.